The number of benzene rings is 2. The van der Waals surface area contributed by atoms with Gasteiger partial charge >= 0.3 is 10.1 Å². The van der Waals surface area contributed by atoms with E-state index in [1.165, 1.54) is 60.9 Å². The smallest absolute Gasteiger partial charge is 0.280 e. The van der Waals surface area contributed by atoms with Crippen LogP contribution in [0.3, 0.4) is 0 Å². The Kier molecular flexibility index (Phi) is 7.71. The molecule has 3 aromatic heterocycles. The SMILES string of the molecule is O=C1C(c2ccccn2)=C(c2ccccn2)C(=O)N1OS(=O)(=O)c1ccc(NS(=O)(=O)c2ccc(-c3nnnn3S)cc2)cc1. The second-order valence-corrected chi connectivity index (χ2v) is 12.7. The van der Waals surface area contributed by atoms with Crippen LogP contribution < -0.4 is 4.72 Å². The Bertz CT molecular complexity index is 2110. The molecule has 2 aromatic carbocycles. The molecule has 0 spiro atoms. The minimum atomic E-state index is -4.75. The van der Waals surface area contributed by atoms with Gasteiger partial charge in [0, 0.05) is 23.6 Å². The van der Waals surface area contributed by atoms with E-state index in [2.05, 4.69) is 43.0 Å². The van der Waals surface area contributed by atoms with Crippen LogP contribution >= 0.6 is 12.8 Å². The van der Waals surface area contributed by atoms with Gasteiger partial charge in [-0.3, -0.25) is 24.3 Å². The summed E-state index contributed by atoms with van der Waals surface area (Å²) < 4.78 is 60.7. The van der Waals surface area contributed by atoms with Gasteiger partial charge in [0.1, 0.15) is 0 Å². The van der Waals surface area contributed by atoms with Crippen molar-refractivity contribution >= 4 is 61.6 Å². The monoisotopic (exact) mass is 662 g/mol. The normalized spacial score (nSPS) is 13.8. The first-order valence-corrected chi connectivity index (χ1v) is 16.0. The molecule has 0 radical (unpaired) electrons. The number of carbonyl (C=O) groups is 2. The first kappa shape index (κ1) is 29.8. The highest BCUT2D eigenvalue weighted by molar-refractivity contribution is 7.92. The van der Waals surface area contributed by atoms with Gasteiger partial charge in [-0.2, -0.15) is 12.5 Å². The van der Waals surface area contributed by atoms with E-state index < -0.39 is 36.9 Å². The second kappa shape index (κ2) is 11.7. The van der Waals surface area contributed by atoms with Crippen LogP contribution in [0.2, 0.25) is 0 Å². The number of hydrogen-bond acceptors (Lipinski definition) is 13. The highest BCUT2D eigenvalue weighted by atomic mass is 32.2. The van der Waals surface area contributed by atoms with Crippen molar-refractivity contribution in [1.82, 2.24) is 34.6 Å². The molecule has 0 aliphatic carbocycles. The average molecular weight is 663 g/mol. The topological polar surface area (TPSA) is 196 Å². The Balaban J connectivity index is 1.21. The van der Waals surface area contributed by atoms with Crippen LogP contribution in [-0.4, -0.2) is 63.3 Å². The number of tetrazole rings is 1. The quantitative estimate of drug-likeness (QED) is 0.173. The van der Waals surface area contributed by atoms with Gasteiger partial charge in [-0.05, 0) is 96.0 Å². The Labute approximate surface area is 260 Å². The van der Waals surface area contributed by atoms with Crippen LogP contribution in [0.4, 0.5) is 5.69 Å². The number of carbonyl (C=O) groups excluding carboxylic acids is 2. The van der Waals surface area contributed by atoms with Crippen molar-refractivity contribution in [3.8, 4) is 11.4 Å². The van der Waals surface area contributed by atoms with E-state index >= 15 is 0 Å². The molecule has 1 N–H and O–H groups in total. The Morgan fingerprint density at radius 3 is 1.76 bits per heavy atom. The molecule has 0 saturated carbocycles. The summed E-state index contributed by atoms with van der Waals surface area (Å²) >= 11 is 4.07. The number of anilines is 1. The molecular formula is C27H18N8O7S3. The van der Waals surface area contributed by atoms with E-state index in [-0.39, 0.29) is 38.2 Å². The molecule has 2 amide bonds. The highest BCUT2D eigenvalue weighted by Gasteiger charge is 2.44. The molecule has 4 heterocycles. The number of hydrogen-bond donors (Lipinski definition) is 2. The van der Waals surface area contributed by atoms with Crippen LogP contribution in [-0.2, 0) is 34.0 Å². The largest absolute Gasteiger partial charge is 0.318 e. The van der Waals surface area contributed by atoms with Gasteiger partial charge in [-0.1, -0.05) is 12.1 Å². The molecule has 0 atom stereocenters. The number of amides is 2. The van der Waals surface area contributed by atoms with Gasteiger partial charge in [-0.15, -0.1) is 14.4 Å². The molecule has 15 nitrogen and oxygen atoms in total. The van der Waals surface area contributed by atoms with E-state index in [0.717, 1.165) is 16.2 Å². The van der Waals surface area contributed by atoms with Crippen molar-refractivity contribution in [1.29, 1.82) is 0 Å². The summed E-state index contributed by atoms with van der Waals surface area (Å²) in [7, 11) is -8.83. The molecule has 0 unspecified atom stereocenters. The van der Waals surface area contributed by atoms with Gasteiger partial charge in [-0.25, -0.2) is 8.42 Å². The van der Waals surface area contributed by atoms with E-state index in [1.54, 1.807) is 24.3 Å². The zero-order valence-electron chi connectivity index (χ0n) is 22.5. The molecule has 0 bridgehead atoms. The average Bonchev–Trinajstić information content (AvgIpc) is 3.58. The van der Waals surface area contributed by atoms with Crippen molar-refractivity contribution in [2.24, 2.45) is 0 Å². The molecule has 1 aliphatic rings. The molecule has 226 valence electrons. The molecular weight excluding hydrogens is 645 g/mol. The van der Waals surface area contributed by atoms with Gasteiger partial charge in [0.2, 0.25) is 0 Å². The predicted octanol–water partition coefficient (Wildman–Crippen LogP) is 2.22. The van der Waals surface area contributed by atoms with Crippen molar-refractivity contribution < 1.29 is 30.7 Å². The van der Waals surface area contributed by atoms with Crippen molar-refractivity contribution in [3.05, 3.63) is 109 Å². The first-order chi connectivity index (χ1) is 21.5. The summed E-state index contributed by atoms with van der Waals surface area (Å²) in [5, 5.41) is 11.0. The van der Waals surface area contributed by atoms with Crippen molar-refractivity contribution in [2.45, 2.75) is 9.79 Å². The number of sulfonamides is 1. The fourth-order valence-corrected chi connectivity index (χ4v) is 6.39. The minimum Gasteiger partial charge on any atom is -0.280 e. The number of aromatic nitrogens is 6. The van der Waals surface area contributed by atoms with Gasteiger partial charge in [0.25, 0.3) is 21.8 Å². The van der Waals surface area contributed by atoms with Crippen molar-refractivity contribution in [3.63, 3.8) is 0 Å². The van der Waals surface area contributed by atoms with Crippen molar-refractivity contribution in [2.75, 3.05) is 4.72 Å². The molecule has 6 rings (SSSR count). The zero-order chi connectivity index (χ0) is 31.8. The summed E-state index contributed by atoms with van der Waals surface area (Å²) in [4.78, 5) is 34.4. The second-order valence-electron chi connectivity index (χ2n) is 9.16. The highest BCUT2D eigenvalue weighted by Crippen LogP contribution is 2.35. The van der Waals surface area contributed by atoms with Gasteiger partial charge < -0.3 is 0 Å². The lowest BCUT2D eigenvalue weighted by Gasteiger charge is -2.14. The lowest BCUT2D eigenvalue weighted by atomic mass is 10.0. The Morgan fingerprint density at radius 2 is 1.27 bits per heavy atom. The zero-order valence-corrected chi connectivity index (χ0v) is 25.0. The van der Waals surface area contributed by atoms with Crippen LogP contribution in [0.1, 0.15) is 11.4 Å². The number of nitrogens with zero attached hydrogens (tertiary/aromatic N) is 7. The van der Waals surface area contributed by atoms with E-state index in [0.29, 0.717) is 11.4 Å². The number of pyridine rings is 2. The summed E-state index contributed by atoms with van der Waals surface area (Å²) in [6, 6.07) is 19.5. The summed E-state index contributed by atoms with van der Waals surface area (Å²) in [5.74, 6) is -1.79. The maximum Gasteiger partial charge on any atom is 0.318 e. The van der Waals surface area contributed by atoms with E-state index in [1.807, 2.05) is 0 Å². The maximum atomic E-state index is 13.4. The number of nitrogens with one attached hydrogen (secondary N) is 1. The Hall–Kier alpha value is -5.30. The minimum absolute atomic E-state index is 0.0298. The molecule has 18 heteroatoms. The third-order valence-corrected chi connectivity index (χ3v) is 9.19. The molecule has 45 heavy (non-hydrogen) atoms. The van der Waals surface area contributed by atoms with Gasteiger partial charge in [0.15, 0.2) is 5.82 Å². The first-order valence-electron chi connectivity index (χ1n) is 12.7. The third-order valence-electron chi connectivity index (χ3n) is 6.33. The maximum absolute atomic E-state index is 13.4. The van der Waals surface area contributed by atoms with Crippen LogP contribution in [0.5, 0.6) is 0 Å². The number of hydroxylamine groups is 2. The predicted molar refractivity (Wildman–Crippen MR) is 160 cm³/mol. The van der Waals surface area contributed by atoms with Crippen LogP contribution in [0, 0.1) is 0 Å². The Morgan fingerprint density at radius 1 is 0.711 bits per heavy atom. The summed E-state index contributed by atoms with van der Waals surface area (Å²) in [6.45, 7) is 0. The molecule has 0 fully saturated rings. The third kappa shape index (κ3) is 5.81. The lowest BCUT2D eigenvalue weighted by Crippen LogP contribution is -2.34. The number of thiol groups is 1. The number of rotatable bonds is 9. The van der Waals surface area contributed by atoms with Crippen LogP contribution in [0.15, 0.2) is 107 Å². The van der Waals surface area contributed by atoms with Crippen LogP contribution in [0.25, 0.3) is 22.5 Å². The molecule has 1 aliphatic heterocycles. The fraction of sp³-hybridized carbons (Fsp3) is 0. The number of imide groups is 1. The van der Waals surface area contributed by atoms with Gasteiger partial charge in [0.05, 0.1) is 32.3 Å². The lowest BCUT2D eigenvalue weighted by molar-refractivity contribution is -0.160. The van der Waals surface area contributed by atoms with E-state index in [4.69, 9.17) is 4.28 Å². The fourth-order valence-electron chi connectivity index (χ4n) is 4.26. The summed E-state index contributed by atoms with van der Waals surface area (Å²) in [5.41, 5.74) is 0.421. The van der Waals surface area contributed by atoms with E-state index in [9.17, 15) is 26.4 Å². The molecule has 0 saturated heterocycles. The standard InChI is InChI=1S/C27H18N8O7S3/c36-26-23(21-5-1-3-15-28-21)24(22-6-2-4-16-29-22)27(37)34(26)42-45(40,41)20-13-9-18(10-14-20)31-44(38,39)19-11-7-17(8-12-19)25-30-32-33-35(25)43/h1-16,31,43H. The summed E-state index contributed by atoms with van der Waals surface area (Å²) in [6.07, 6.45) is 2.83. The molecule has 5 aromatic rings.